The van der Waals surface area contributed by atoms with Crippen molar-refractivity contribution >= 4 is 5.91 Å². The number of rotatable bonds is 5. The Morgan fingerprint density at radius 3 is 2.73 bits per heavy atom. The van der Waals surface area contributed by atoms with E-state index in [1.54, 1.807) is 0 Å². The van der Waals surface area contributed by atoms with Gasteiger partial charge in [-0.25, -0.2) is 0 Å². The van der Waals surface area contributed by atoms with Gasteiger partial charge in [0.2, 0.25) is 5.91 Å². The normalized spacial score (nSPS) is 10.3. The molecular formula is C12H20N2O. The van der Waals surface area contributed by atoms with Crippen molar-refractivity contribution in [3.05, 3.63) is 23.0 Å². The number of hydrogen-bond donors (Lipinski definition) is 2. The van der Waals surface area contributed by atoms with Crippen LogP contribution in [0.25, 0.3) is 0 Å². The van der Waals surface area contributed by atoms with Crippen molar-refractivity contribution in [1.29, 1.82) is 0 Å². The molecule has 2 N–H and O–H groups in total. The number of aromatic amines is 1. The lowest BCUT2D eigenvalue weighted by Crippen LogP contribution is -2.26. The minimum Gasteiger partial charge on any atom is -0.362 e. The molecule has 0 radical (unpaired) electrons. The molecule has 0 spiro atoms. The first kappa shape index (κ1) is 11.8. The average Bonchev–Trinajstić information content (AvgIpc) is 2.45. The fourth-order valence-corrected chi connectivity index (χ4v) is 1.61. The van der Waals surface area contributed by atoms with Crippen molar-refractivity contribution in [2.45, 2.75) is 40.0 Å². The maximum atomic E-state index is 11.5. The fourth-order valence-electron chi connectivity index (χ4n) is 1.61. The Bertz CT molecular complexity index is 328. The summed E-state index contributed by atoms with van der Waals surface area (Å²) in [4.78, 5) is 14.7. The van der Waals surface area contributed by atoms with Gasteiger partial charge in [0, 0.05) is 17.9 Å². The summed E-state index contributed by atoms with van der Waals surface area (Å²) in [6.45, 7) is 6.91. The van der Waals surface area contributed by atoms with E-state index < -0.39 is 0 Å². The zero-order chi connectivity index (χ0) is 11.3. The lowest BCUT2D eigenvalue weighted by atomic mass is 10.1. The van der Waals surface area contributed by atoms with Gasteiger partial charge in [0.15, 0.2) is 0 Å². The third kappa shape index (κ3) is 3.78. The minimum absolute atomic E-state index is 0.116. The van der Waals surface area contributed by atoms with Gasteiger partial charge in [-0.3, -0.25) is 4.79 Å². The molecule has 0 aliphatic carbocycles. The van der Waals surface area contributed by atoms with E-state index in [-0.39, 0.29) is 5.91 Å². The van der Waals surface area contributed by atoms with Crippen LogP contribution < -0.4 is 5.32 Å². The molecule has 15 heavy (non-hydrogen) atoms. The van der Waals surface area contributed by atoms with Gasteiger partial charge in [0.25, 0.3) is 0 Å². The summed E-state index contributed by atoms with van der Waals surface area (Å²) in [7, 11) is 0. The first-order valence-electron chi connectivity index (χ1n) is 5.55. The molecule has 0 aliphatic rings. The van der Waals surface area contributed by atoms with Crippen molar-refractivity contribution in [2.75, 3.05) is 6.54 Å². The molecule has 1 amide bonds. The number of amides is 1. The molecule has 1 aromatic heterocycles. The van der Waals surface area contributed by atoms with Crippen LogP contribution in [0.4, 0.5) is 0 Å². The Balaban J connectivity index is 2.41. The standard InChI is InChI=1S/C12H20N2O/c1-4-5-6-13-12(15)8-11-7-9(2)14-10(11)3/h7,14H,4-6,8H2,1-3H3,(H,13,15). The Hall–Kier alpha value is -1.25. The van der Waals surface area contributed by atoms with Crippen LogP contribution in [0.5, 0.6) is 0 Å². The van der Waals surface area contributed by atoms with Crippen molar-refractivity contribution in [1.82, 2.24) is 10.3 Å². The van der Waals surface area contributed by atoms with Crippen LogP contribution >= 0.6 is 0 Å². The van der Waals surface area contributed by atoms with E-state index in [2.05, 4.69) is 17.2 Å². The zero-order valence-corrected chi connectivity index (χ0v) is 9.81. The zero-order valence-electron chi connectivity index (χ0n) is 9.81. The SMILES string of the molecule is CCCCNC(=O)Cc1cc(C)[nH]c1C. The van der Waals surface area contributed by atoms with Gasteiger partial charge >= 0.3 is 0 Å². The highest BCUT2D eigenvalue weighted by atomic mass is 16.1. The van der Waals surface area contributed by atoms with Gasteiger partial charge < -0.3 is 10.3 Å². The number of H-pyrrole nitrogens is 1. The molecular weight excluding hydrogens is 188 g/mol. The summed E-state index contributed by atoms with van der Waals surface area (Å²) in [6, 6.07) is 2.04. The quantitative estimate of drug-likeness (QED) is 0.715. The molecule has 0 unspecified atom stereocenters. The highest BCUT2D eigenvalue weighted by molar-refractivity contribution is 5.78. The average molecular weight is 208 g/mol. The molecule has 3 nitrogen and oxygen atoms in total. The molecule has 1 heterocycles. The Labute approximate surface area is 91.3 Å². The second-order valence-corrected chi connectivity index (χ2v) is 3.98. The van der Waals surface area contributed by atoms with Crippen LogP contribution in [-0.4, -0.2) is 17.4 Å². The van der Waals surface area contributed by atoms with E-state index >= 15 is 0 Å². The van der Waals surface area contributed by atoms with Gasteiger partial charge in [-0.05, 0) is 31.9 Å². The topological polar surface area (TPSA) is 44.9 Å². The molecule has 0 saturated carbocycles. The molecule has 1 rings (SSSR count). The van der Waals surface area contributed by atoms with Gasteiger partial charge in [-0.1, -0.05) is 13.3 Å². The van der Waals surface area contributed by atoms with E-state index in [4.69, 9.17) is 0 Å². The summed E-state index contributed by atoms with van der Waals surface area (Å²) in [5, 5.41) is 2.92. The molecule has 84 valence electrons. The van der Waals surface area contributed by atoms with Gasteiger partial charge in [0.1, 0.15) is 0 Å². The predicted octanol–water partition coefficient (Wildman–Crippen LogP) is 2.09. The highest BCUT2D eigenvalue weighted by Crippen LogP contribution is 2.09. The molecule has 0 aliphatic heterocycles. The van der Waals surface area contributed by atoms with Crippen LogP contribution in [-0.2, 0) is 11.2 Å². The number of carbonyl (C=O) groups is 1. The molecule has 0 fully saturated rings. The third-order valence-corrected chi connectivity index (χ3v) is 2.46. The number of unbranched alkanes of at least 4 members (excludes halogenated alkanes) is 1. The molecule has 1 aromatic rings. The summed E-state index contributed by atoms with van der Waals surface area (Å²) in [5.74, 6) is 0.116. The Kier molecular flexibility index (Phi) is 4.40. The van der Waals surface area contributed by atoms with E-state index in [0.29, 0.717) is 6.42 Å². The number of aromatic nitrogens is 1. The maximum absolute atomic E-state index is 11.5. The van der Waals surface area contributed by atoms with Crippen molar-refractivity contribution in [3.8, 4) is 0 Å². The lowest BCUT2D eigenvalue weighted by molar-refractivity contribution is -0.120. The summed E-state index contributed by atoms with van der Waals surface area (Å²) in [5.41, 5.74) is 3.31. The summed E-state index contributed by atoms with van der Waals surface area (Å²) in [6.07, 6.45) is 2.65. The van der Waals surface area contributed by atoms with Crippen LogP contribution in [0.15, 0.2) is 6.07 Å². The third-order valence-electron chi connectivity index (χ3n) is 2.46. The second-order valence-electron chi connectivity index (χ2n) is 3.98. The molecule has 0 aromatic carbocycles. The summed E-state index contributed by atoms with van der Waals surface area (Å²) < 4.78 is 0. The number of hydrogen-bond acceptors (Lipinski definition) is 1. The Morgan fingerprint density at radius 2 is 2.20 bits per heavy atom. The minimum atomic E-state index is 0.116. The van der Waals surface area contributed by atoms with E-state index in [9.17, 15) is 4.79 Å². The second kappa shape index (κ2) is 5.59. The number of aryl methyl sites for hydroxylation is 2. The molecule has 3 heteroatoms. The van der Waals surface area contributed by atoms with Crippen molar-refractivity contribution in [3.63, 3.8) is 0 Å². The highest BCUT2D eigenvalue weighted by Gasteiger charge is 2.07. The maximum Gasteiger partial charge on any atom is 0.224 e. The van der Waals surface area contributed by atoms with E-state index in [0.717, 1.165) is 36.3 Å². The van der Waals surface area contributed by atoms with Crippen molar-refractivity contribution < 1.29 is 4.79 Å². The largest absolute Gasteiger partial charge is 0.362 e. The molecule has 0 bridgehead atoms. The first-order chi connectivity index (χ1) is 7.13. The van der Waals surface area contributed by atoms with E-state index in [1.807, 2.05) is 19.9 Å². The van der Waals surface area contributed by atoms with Gasteiger partial charge in [-0.2, -0.15) is 0 Å². The summed E-state index contributed by atoms with van der Waals surface area (Å²) >= 11 is 0. The van der Waals surface area contributed by atoms with Crippen LogP contribution in [0.1, 0.15) is 36.7 Å². The molecule has 0 saturated heterocycles. The smallest absolute Gasteiger partial charge is 0.224 e. The van der Waals surface area contributed by atoms with Crippen molar-refractivity contribution in [2.24, 2.45) is 0 Å². The number of carbonyl (C=O) groups excluding carboxylic acids is 1. The number of nitrogens with one attached hydrogen (secondary N) is 2. The van der Waals surface area contributed by atoms with E-state index in [1.165, 1.54) is 0 Å². The Morgan fingerprint density at radius 1 is 1.47 bits per heavy atom. The first-order valence-corrected chi connectivity index (χ1v) is 5.55. The van der Waals surface area contributed by atoms with Crippen LogP contribution in [0.3, 0.4) is 0 Å². The predicted molar refractivity (Wildman–Crippen MR) is 61.9 cm³/mol. The fraction of sp³-hybridized carbons (Fsp3) is 0.583. The van der Waals surface area contributed by atoms with Gasteiger partial charge in [0.05, 0.1) is 6.42 Å². The van der Waals surface area contributed by atoms with Crippen LogP contribution in [0, 0.1) is 13.8 Å². The lowest BCUT2D eigenvalue weighted by Gasteiger charge is -2.03. The molecule has 0 atom stereocenters. The van der Waals surface area contributed by atoms with Gasteiger partial charge in [-0.15, -0.1) is 0 Å². The monoisotopic (exact) mass is 208 g/mol. The van der Waals surface area contributed by atoms with Crippen LogP contribution in [0.2, 0.25) is 0 Å².